The number of carbonyl (C=O) groups excluding carboxylic acids is 3. The van der Waals surface area contributed by atoms with E-state index in [1.54, 1.807) is 23.9 Å². The number of urea groups is 1. The lowest BCUT2D eigenvalue weighted by molar-refractivity contribution is -0.153. The van der Waals surface area contributed by atoms with Crippen molar-refractivity contribution in [3.05, 3.63) is 0 Å². The van der Waals surface area contributed by atoms with Gasteiger partial charge in [-0.25, -0.2) is 4.79 Å². The van der Waals surface area contributed by atoms with Crippen molar-refractivity contribution in [3.8, 4) is 0 Å². The molecular formula is C28H51N5O3. The van der Waals surface area contributed by atoms with Crippen LogP contribution in [-0.2, 0) is 9.59 Å². The fraction of sp³-hybridized carbons (Fsp3) is 0.893. The van der Waals surface area contributed by atoms with E-state index in [0.29, 0.717) is 37.8 Å². The van der Waals surface area contributed by atoms with Crippen LogP contribution in [0.1, 0.15) is 72.6 Å². The van der Waals surface area contributed by atoms with Gasteiger partial charge in [0.05, 0.1) is 0 Å². The summed E-state index contributed by atoms with van der Waals surface area (Å²) in [4.78, 5) is 50.2. The van der Waals surface area contributed by atoms with Crippen LogP contribution in [0.2, 0.25) is 0 Å². The number of piperazine rings is 1. The van der Waals surface area contributed by atoms with Gasteiger partial charge < -0.3 is 24.5 Å². The Morgan fingerprint density at radius 3 is 2.11 bits per heavy atom. The number of nitrogens with zero attached hydrogens (tertiary/aromatic N) is 5. The first-order valence-corrected chi connectivity index (χ1v) is 14.4. The molecule has 8 nitrogen and oxygen atoms in total. The van der Waals surface area contributed by atoms with Crippen LogP contribution in [0.25, 0.3) is 0 Å². The van der Waals surface area contributed by atoms with Crippen LogP contribution in [0.4, 0.5) is 4.79 Å². The van der Waals surface area contributed by atoms with Gasteiger partial charge >= 0.3 is 6.03 Å². The Balaban J connectivity index is 1.66. The Hall–Kier alpha value is -1.83. The Morgan fingerprint density at radius 2 is 1.56 bits per heavy atom. The lowest BCUT2D eigenvalue weighted by Gasteiger charge is -2.46. The largest absolute Gasteiger partial charge is 0.341 e. The number of likely N-dealkylation sites (tertiary alicyclic amines) is 2. The molecule has 0 bridgehead atoms. The van der Waals surface area contributed by atoms with E-state index in [0.717, 1.165) is 25.9 Å². The first-order chi connectivity index (χ1) is 17.1. The number of piperidine rings is 1. The van der Waals surface area contributed by atoms with Gasteiger partial charge in [-0.05, 0) is 82.3 Å². The molecule has 8 heteroatoms. The Labute approximate surface area is 219 Å². The molecule has 4 amide bonds. The molecule has 206 valence electrons. The van der Waals surface area contributed by atoms with Crippen molar-refractivity contribution < 1.29 is 14.4 Å². The van der Waals surface area contributed by atoms with Crippen LogP contribution >= 0.6 is 0 Å². The predicted octanol–water partition coefficient (Wildman–Crippen LogP) is 3.37. The number of amides is 4. The molecule has 3 saturated heterocycles. The van der Waals surface area contributed by atoms with Crippen molar-refractivity contribution in [1.82, 2.24) is 24.5 Å². The number of hydrogen-bond acceptors (Lipinski definition) is 4. The minimum absolute atomic E-state index is 0.0651. The van der Waals surface area contributed by atoms with E-state index in [1.807, 2.05) is 9.80 Å². The highest BCUT2D eigenvalue weighted by Crippen LogP contribution is 2.27. The van der Waals surface area contributed by atoms with Crippen LogP contribution in [0.5, 0.6) is 0 Å². The van der Waals surface area contributed by atoms with Crippen LogP contribution in [0, 0.1) is 17.8 Å². The zero-order valence-electron chi connectivity index (χ0n) is 23.7. The highest BCUT2D eigenvalue weighted by Gasteiger charge is 2.43. The quantitative estimate of drug-likeness (QED) is 0.482. The standard InChI is InChI=1S/C28H51N5O3/c1-21(2)19-24(26(34)31-15-10-23(11-16-31)9-14-30-12-7-8-13-30)32-17-18-33(28(36)29(5)6)25(27(32)35)20-22(3)4/h21-25H,7-20H2,1-6H3/t24?,25-/m0/s1. The Bertz CT molecular complexity index is 741. The molecule has 0 saturated carbocycles. The Kier molecular flexibility index (Phi) is 10.5. The monoisotopic (exact) mass is 505 g/mol. The average Bonchev–Trinajstić information content (AvgIpc) is 3.35. The lowest BCUT2D eigenvalue weighted by atomic mass is 9.91. The summed E-state index contributed by atoms with van der Waals surface area (Å²) in [6.07, 6.45) is 7.28. The maximum Gasteiger partial charge on any atom is 0.320 e. The van der Waals surface area contributed by atoms with E-state index < -0.39 is 12.1 Å². The molecule has 0 aromatic heterocycles. The van der Waals surface area contributed by atoms with E-state index in [9.17, 15) is 14.4 Å². The maximum absolute atomic E-state index is 13.8. The second kappa shape index (κ2) is 13.1. The van der Waals surface area contributed by atoms with Crippen LogP contribution in [0.15, 0.2) is 0 Å². The second-order valence-corrected chi connectivity index (χ2v) is 12.3. The Morgan fingerprint density at radius 1 is 0.917 bits per heavy atom. The molecule has 0 spiro atoms. The third kappa shape index (κ3) is 7.36. The first-order valence-electron chi connectivity index (χ1n) is 14.4. The van der Waals surface area contributed by atoms with Crippen molar-refractivity contribution in [1.29, 1.82) is 0 Å². The van der Waals surface area contributed by atoms with E-state index in [-0.39, 0.29) is 23.8 Å². The molecule has 36 heavy (non-hydrogen) atoms. The molecule has 2 atom stereocenters. The summed E-state index contributed by atoms with van der Waals surface area (Å²) in [6, 6.07) is -1.08. The van der Waals surface area contributed by atoms with Gasteiger partial charge in [-0.3, -0.25) is 9.59 Å². The molecule has 3 heterocycles. The molecule has 1 unspecified atom stereocenters. The molecule has 0 aliphatic carbocycles. The van der Waals surface area contributed by atoms with Crippen molar-refractivity contribution >= 4 is 17.8 Å². The van der Waals surface area contributed by atoms with Gasteiger partial charge in [0, 0.05) is 40.3 Å². The third-order valence-electron chi connectivity index (χ3n) is 8.18. The fourth-order valence-corrected chi connectivity index (χ4v) is 6.11. The average molecular weight is 506 g/mol. The summed E-state index contributed by atoms with van der Waals surface area (Å²) in [5, 5.41) is 0. The predicted molar refractivity (Wildman–Crippen MR) is 144 cm³/mol. The summed E-state index contributed by atoms with van der Waals surface area (Å²) < 4.78 is 0. The van der Waals surface area contributed by atoms with E-state index in [1.165, 1.54) is 38.9 Å². The summed E-state index contributed by atoms with van der Waals surface area (Å²) >= 11 is 0. The minimum atomic E-state index is -0.507. The minimum Gasteiger partial charge on any atom is -0.341 e. The van der Waals surface area contributed by atoms with E-state index >= 15 is 0 Å². The van der Waals surface area contributed by atoms with Gasteiger partial charge in [0.1, 0.15) is 12.1 Å². The topological polar surface area (TPSA) is 67.4 Å². The summed E-state index contributed by atoms with van der Waals surface area (Å²) in [5.74, 6) is 1.30. The van der Waals surface area contributed by atoms with Gasteiger partial charge in [0.25, 0.3) is 0 Å². The van der Waals surface area contributed by atoms with Crippen LogP contribution < -0.4 is 0 Å². The summed E-state index contributed by atoms with van der Waals surface area (Å²) in [5.41, 5.74) is 0. The van der Waals surface area contributed by atoms with Gasteiger partial charge in [-0.15, -0.1) is 0 Å². The van der Waals surface area contributed by atoms with Crippen molar-refractivity contribution in [2.45, 2.75) is 84.7 Å². The van der Waals surface area contributed by atoms with Crippen molar-refractivity contribution in [3.63, 3.8) is 0 Å². The smallest absolute Gasteiger partial charge is 0.320 e. The molecule has 0 radical (unpaired) electrons. The highest BCUT2D eigenvalue weighted by atomic mass is 16.2. The SMILES string of the molecule is CC(C)CC(C(=O)N1CCC(CCN2CCCC2)CC1)N1CCN(C(=O)N(C)C)[C@@H](CC(C)C)C1=O. The number of hydrogen-bond donors (Lipinski definition) is 0. The molecular weight excluding hydrogens is 454 g/mol. The van der Waals surface area contributed by atoms with Crippen LogP contribution in [-0.4, -0.2) is 114 Å². The molecule has 0 aromatic rings. The van der Waals surface area contributed by atoms with E-state index in [2.05, 4.69) is 32.6 Å². The molecule has 3 fully saturated rings. The van der Waals surface area contributed by atoms with Gasteiger partial charge in [-0.1, -0.05) is 27.7 Å². The molecule has 3 aliphatic heterocycles. The molecule has 3 aliphatic rings. The lowest BCUT2D eigenvalue weighted by Crippen LogP contribution is -2.65. The fourth-order valence-electron chi connectivity index (χ4n) is 6.11. The zero-order chi connectivity index (χ0) is 26.4. The zero-order valence-corrected chi connectivity index (χ0v) is 23.7. The first kappa shape index (κ1) is 28.7. The molecule has 0 aromatic carbocycles. The van der Waals surface area contributed by atoms with Crippen LogP contribution in [0.3, 0.4) is 0 Å². The highest BCUT2D eigenvalue weighted by molar-refractivity contribution is 5.93. The van der Waals surface area contributed by atoms with Gasteiger partial charge in [0.2, 0.25) is 11.8 Å². The third-order valence-corrected chi connectivity index (χ3v) is 8.18. The van der Waals surface area contributed by atoms with E-state index in [4.69, 9.17) is 0 Å². The van der Waals surface area contributed by atoms with Gasteiger partial charge in [-0.2, -0.15) is 0 Å². The normalized spacial score (nSPS) is 23.2. The molecule has 3 rings (SSSR count). The molecule has 0 N–H and O–H groups in total. The van der Waals surface area contributed by atoms with Crippen molar-refractivity contribution in [2.75, 3.05) is 59.9 Å². The number of rotatable bonds is 9. The van der Waals surface area contributed by atoms with Gasteiger partial charge in [0.15, 0.2) is 0 Å². The summed E-state index contributed by atoms with van der Waals surface area (Å²) in [6.45, 7) is 14.5. The number of carbonyl (C=O) groups is 3. The summed E-state index contributed by atoms with van der Waals surface area (Å²) in [7, 11) is 3.46. The maximum atomic E-state index is 13.8. The second-order valence-electron chi connectivity index (χ2n) is 12.3. The van der Waals surface area contributed by atoms with Crippen molar-refractivity contribution in [2.24, 2.45) is 17.8 Å².